The van der Waals surface area contributed by atoms with Gasteiger partial charge in [0.05, 0.1) is 5.52 Å². The number of nitrogens with zero attached hydrogens (tertiary/aromatic N) is 1. The van der Waals surface area contributed by atoms with Crippen LogP contribution >= 0.6 is 0 Å². The van der Waals surface area contributed by atoms with Crippen molar-refractivity contribution in [3.63, 3.8) is 0 Å². The van der Waals surface area contributed by atoms with Crippen molar-refractivity contribution in [2.75, 3.05) is 6.54 Å². The lowest BCUT2D eigenvalue weighted by atomic mass is 10.0. The third-order valence-corrected chi connectivity index (χ3v) is 3.93. The van der Waals surface area contributed by atoms with Gasteiger partial charge in [-0.05, 0) is 37.0 Å². The van der Waals surface area contributed by atoms with Crippen molar-refractivity contribution in [2.24, 2.45) is 13.0 Å². The summed E-state index contributed by atoms with van der Waals surface area (Å²) in [5.74, 6) is -0.136. The van der Waals surface area contributed by atoms with E-state index in [1.54, 1.807) is 13.1 Å². The molecule has 5 heteroatoms. The van der Waals surface area contributed by atoms with Crippen LogP contribution < -0.4 is 11.1 Å². The summed E-state index contributed by atoms with van der Waals surface area (Å²) in [6.45, 7) is 4.66. The minimum absolute atomic E-state index is 0.0992. The largest absolute Gasteiger partial charge is 0.419 e. The fourth-order valence-electron chi connectivity index (χ4n) is 2.46. The average molecular weight is 290 g/mol. The van der Waals surface area contributed by atoms with Crippen molar-refractivity contribution in [1.29, 1.82) is 0 Å². The van der Waals surface area contributed by atoms with E-state index in [1.807, 2.05) is 26.0 Å². The summed E-state index contributed by atoms with van der Waals surface area (Å²) in [5.41, 5.74) is 2.44. The molecular formula is C16H22N2O3. The Hall–Kier alpha value is -2.04. The zero-order valence-corrected chi connectivity index (χ0v) is 12.8. The molecule has 0 atom stereocenters. The first-order valence-electron chi connectivity index (χ1n) is 7.43. The Kier molecular flexibility index (Phi) is 4.83. The van der Waals surface area contributed by atoms with Gasteiger partial charge in [0.1, 0.15) is 0 Å². The quantitative estimate of drug-likeness (QED) is 0.887. The number of hydrogen-bond donors (Lipinski definition) is 1. The maximum Gasteiger partial charge on any atom is 0.419 e. The van der Waals surface area contributed by atoms with Crippen molar-refractivity contribution >= 4 is 17.0 Å². The number of carbonyl (C=O) groups excluding carboxylic acids is 1. The lowest BCUT2D eigenvalue weighted by Crippen LogP contribution is -2.31. The zero-order valence-electron chi connectivity index (χ0n) is 12.8. The molecule has 5 nitrogen and oxygen atoms in total. The number of carbonyl (C=O) groups is 1. The van der Waals surface area contributed by atoms with E-state index in [1.165, 1.54) is 4.57 Å². The van der Waals surface area contributed by atoms with Gasteiger partial charge < -0.3 is 9.73 Å². The summed E-state index contributed by atoms with van der Waals surface area (Å²) in [7, 11) is 1.69. The molecule has 0 bridgehead atoms. The Labute approximate surface area is 123 Å². The van der Waals surface area contributed by atoms with Crippen LogP contribution in [0.5, 0.6) is 0 Å². The highest BCUT2D eigenvalue weighted by atomic mass is 16.4. The standard InChI is InChI=1S/C16H22N2O3/c1-4-12(5-2)15(19)17-9-8-11-6-7-14-13(10-11)18(3)16(20)21-14/h6-7,10,12H,4-5,8-9H2,1-3H3,(H,17,19). The number of aryl methyl sites for hydroxylation is 1. The van der Waals surface area contributed by atoms with Gasteiger partial charge in [0.25, 0.3) is 0 Å². The molecule has 1 heterocycles. The minimum atomic E-state index is -0.357. The van der Waals surface area contributed by atoms with Crippen LogP contribution in [0.4, 0.5) is 0 Å². The minimum Gasteiger partial charge on any atom is -0.408 e. The maximum absolute atomic E-state index is 11.9. The molecule has 1 aromatic carbocycles. The van der Waals surface area contributed by atoms with Gasteiger partial charge >= 0.3 is 5.76 Å². The summed E-state index contributed by atoms with van der Waals surface area (Å²) in [5, 5.41) is 2.97. The molecule has 0 radical (unpaired) electrons. The van der Waals surface area contributed by atoms with E-state index in [9.17, 15) is 9.59 Å². The van der Waals surface area contributed by atoms with Crippen LogP contribution in [0.2, 0.25) is 0 Å². The van der Waals surface area contributed by atoms with Crippen LogP contribution in [0.25, 0.3) is 11.1 Å². The van der Waals surface area contributed by atoms with Crippen LogP contribution in [0.1, 0.15) is 32.3 Å². The Morgan fingerprint density at radius 3 is 2.71 bits per heavy atom. The van der Waals surface area contributed by atoms with Crippen molar-refractivity contribution in [3.05, 3.63) is 34.3 Å². The summed E-state index contributed by atoms with van der Waals surface area (Å²) >= 11 is 0. The molecule has 0 fully saturated rings. The lowest BCUT2D eigenvalue weighted by molar-refractivity contribution is -0.125. The van der Waals surface area contributed by atoms with Gasteiger partial charge in [0.2, 0.25) is 5.91 Å². The first-order chi connectivity index (χ1) is 10.1. The molecule has 0 aliphatic carbocycles. The second kappa shape index (κ2) is 6.61. The van der Waals surface area contributed by atoms with Crippen molar-refractivity contribution in [1.82, 2.24) is 9.88 Å². The van der Waals surface area contributed by atoms with Gasteiger partial charge in [-0.2, -0.15) is 0 Å². The molecule has 1 amide bonds. The van der Waals surface area contributed by atoms with E-state index >= 15 is 0 Å². The predicted octanol–water partition coefficient (Wildman–Crippen LogP) is 2.23. The summed E-state index contributed by atoms with van der Waals surface area (Å²) < 4.78 is 6.58. The molecule has 1 N–H and O–H groups in total. The van der Waals surface area contributed by atoms with Gasteiger partial charge in [-0.15, -0.1) is 0 Å². The first kappa shape index (κ1) is 15.4. The number of oxazole rings is 1. The Morgan fingerprint density at radius 1 is 1.33 bits per heavy atom. The molecule has 2 aromatic rings. The van der Waals surface area contributed by atoms with Crippen LogP contribution in [0.15, 0.2) is 27.4 Å². The fraction of sp³-hybridized carbons (Fsp3) is 0.500. The number of rotatable bonds is 6. The molecule has 1 aromatic heterocycles. The van der Waals surface area contributed by atoms with Crippen LogP contribution in [0.3, 0.4) is 0 Å². The SMILES string of the molecule is CCC(CC)C(=O)NCCc1ccc2oc(=O)n(C)c2c1. The molecule has 0 unspecified atom stereocenters. The second-order valence-corrected chi connectivity index (χ2v) is 5.28. The van der Waals surface area contributed by atoms with E-state index < -0.39 is 0 Å². The molecule has 21 heavy (non-hydrogen) atoms. The van der Waals surface area contributed by atoms with E-state index in [2.05, 4.69) is 5.32 Å². The third-order valence-electron chi connectivity index (χ3n) is 3.93. The number of amides is 1. The van der Waals surface area contributed by atoms with Crippen molar-refractivity contribution in [2.45, 2.75) is 33.1 Å². The van der Waals surface area contributed by atoms with Crippen molar-refractivity contribution < 1.29 is 9.21 Å². The number of fused-ring (bicyclic) bond motifs is 1. The third kappa shape index (κ3) is 3.35. The van der Waals surface area contributed by atoms with E-state index in [0.29, 0.717) is 12.1 Å². The summed E-state index contributed by atoms with van der Waals surface area (Å²) in [6, 6.07) is 5.66. The van der Waals surface area contributed by atoms with Gasteiger partial charge in [-0.25, -0.2) is 4.79 Å². The van der Waals surface area contributed by atoms with Gasteiger partial charge in [-0.3, -0.25) is 9.36 Å². The zero-order chi connectivity index (χ0) is 15.4. The average Bonchev–Trinajstić information content (AvgIpc) is 2.76. The molecule has 0 aliphatic heterocycles. The highest BCUT2D eigenvalue weighted by molar-refractivity contribution is 5.78. The maximum atomic E-state index is 11.9. The van der Waals surface area contributed by atoms with Crippen molar-refractivity contribution in [3.8, 4) is 0 Å². The highest BCUT2D eigenvalue weighted by Gasteiger charge is 2.13. The van der Waals surface area contributed by atoms with Crippen LogP contribution in [0, 0.1) is 5.92 Å². The van der Waals surface area contributed by atoms with Gasteiger partial charge in [0, 0.05) is 19.5 Å². The Morgan fingerprint density at radius 2 is 2.05 bits per heavy atom. The number of hydrogen-bond acceptors (Lipinski definition) is 3. The van der Waals surface area contributed by atoms with Crippen LogP contribution in [-0.2, 0) is 18.3 Å². The second-order valence-electron chi connectivity index (χ2n) is 5.28. The number of aromatic nitrogens is 1. The Balaban J connectivity index is 1.99. The lowest BCUT2D eigenvalue weighted by Gasteiger charge is -2.12. The number of benzene rings is 1. The molecular weight excluding hydrogens is 268 g/mol. The van der Waals surface area contributed by atoms with Gasteiger partial charge in [0.15, 0.2) is 5.58 Å². The van der Waals surface area contributed by atoms with Gasteiger partial charge in [-0.1, -0.05) is 19.9 Å². The molecule has 0 saturated carbocycles. The van der Waals surface area contributed by atoms with Crippen LogP contribution in [-0.4, -0.2) is 17.0 Å². The van der Waals surface area contributed by atoms with E-state index in [-0.39, 0.29) is 17.6 Å². The normalized spacial score (nSPS) is 11.2. The summed E-state index contributed by atoms with van der Waals surface area (Å²) in [4.78, 5) is 23.3. The van der Waals surface area contributed by atoms with E-state index in [0.717, 1.165) is 30.3 Å². The molecule has 0 saturated heterocycles. The van der Waals surface area contributed by atoms with E-state index in [4.69, 9.17) is 4.42 Å². The molecule has 114 valence electrons. The smallest absolute Gasteiger partial charge is 0.408 e. The first-order valence-corrected chi connectivity index (χ1v) is 7.43. The molecule has 2 rings (SSSR count). The topological polar surface area (TPSA) is 64.2 Å². The molecule has 0 spiro atoms. The molecule has 0 aliphatic rings. The number of nitrogens with one attached hydrogen (secondary N) is 1. The summed E-state index contributed by atoms with van der Waals surface area (Å²) in [6.07, 6.45) is 2.47. The monoisotopic (exact) mass is 290 g/mol. The Bertz CT molecular complexity index is 680. The fourth-order valence-corrected chi connectivity index (χ4v) is 2.46. The highest BCUT2D eigenvalue weighted by Crippen LogP contribution is 2.14. The predicted molar refractivity (Wildman–Crippen MR) is 82.2 cm³/mol.